The Morgan fingerprint density at radius 2 is 2.14 bits per heavy atom. The number of rotatable bonds is 5. The highest BCUT2D eigenvalue weighted by molar-refractivity contribution is 7.89. The van der Waals surface area contributed by atoms with Crippen LogP contribution in [0.25, 0.3) is 0 Å². The molecular weight excluding hydrogens is 303 g/mol. The van der Waals surface area contributed by atoms with Gasteiger partial charge in [-0.1, -0.05) is 12.5 Å². The van der Waals surface area contributed by atoms with Gasteiger partial charge in [-0.3, -0.25) is 4.90 Å². The van der Waals surface area contributed by atoms with Crippen LogP contribution in [0.1, 0.15) is 38.7 Å². The molecule has 1 aliphatic heterocycles. The normalized spacial score (nSPS) is 21.7. The molecule has 2 rings (SSSR count). The minimum atomic E-state index is -3.68. The third-order valence-electron chi connectivity index (χ3n) is 4.43. The number of piperidine rings is 1. The highest BCUT2D eigenvalue weighted by atomic mass is 32.2. The molecule has 1 heterocycles. The standard InChI is InChI=1S/C16H25FN2O2S/c1-12-7-8-15(17)10-16(12)22(20,21)18-11-14(3)19-9-5-4-6-13(19)2/h7-8,10,13-14,18H,4-6,9,11H2,1-3H3/t13-,14+/m1/s1. The first-order valence-electron chi connectivity index (χ1n) is 7.83. The average molecular weight is 328 g/mol. The van der Waals surface area contributed by atoms with Crippen molar-refractivity contribution in [2.45, 2.75) is 57.0 Å². The molecule has 1 aliphatic rings. The molecule has 0 bridgehead atoms. The second-order valence-corrected chi connectivity index (χ2v) is 7.93. The third-order valence-corrected chi connectivity index (χ3v) is 5.99. The average Bonchev–Trinajstić information content (AvgIpc) is 2.48. The van der Waals surface area contributed by atoms with E-state index in [0.29, 0.717) is 18.2 Å². The van der Waals surface area contributed by atoms with Crippen molar-refractivity contribution in [3.05, 3.63) is 29.6 Å². The van der Waals surface area contributed by atoms with E-state index in [1.54, 1.807) is 6.92 Å². The molecular formula is C16H25FN2O2S. The van der Waals surface area contributed by atoms with Crippen molar-refractivity contribution in [2.24, 2.45) is 0 Å². The first kappa shape index (κ1) is 17.4. The van der Waals surface area contributed by atoms with Crippen molar-refractivity contribution in [1.29, 1.82) is 0 Å². The quantitative estimate of drug-likeness (QED) is 0.904. The summed E-state index contributed by atoms with van der Waals surface area (Å²) in [6, 6.07) is 4.43. The smallest absolute Gasteiger partial charge is 0.240 e. The van der Waals surface area contributed by atoms with E-state index in [4.69, 9.17) is 0 Å². The van der Waals surface area contributed by atoms with Crippen molar-refractivity contribution in [3.8, 4) is 0 Å². The van der Waals surface area contributed by atoms with Gasteiger partial charge in [0.05, 0.1) is 4.90 Å². The lowest BCUT2D eigenvalue weighted by Gasteiger charge is -2.38. The van der Waals surface area contributed by atoms with Gasteiger partial charge in [0.2, 0.25) is 10.0 Å². The molecule has 0 radical (unpaired) electrons. The molecule has 0 amide bonds. The number of aryl methyl sites for hydroxylation is 1. The lowest BCUT2D eigenvalue weighted by Crippen LogP contribution is -2.48. The summed E-state index contributed by atoms with van der Waals surface area (Å²) in [5.74, 6) is -0.538. The predicted molar refractivity (Wildman–Crippen MR) is 85.8 cm³/mol. The topological polar surface area (TPSA) is 49.4 Å². The fraction of sp³-hybridized carbons (Fsp3) is 0.625. The van der Waals surface area contributed by atoms with Crippen LogP contribution < -0.4 is 4.72 Å². The second kappa shape index (κ2) is 7.06. The summed E-state index contributed by atoms with van der Waals surface area (Å²) in [6.45, 7) is 7.22. The number of hydrogen-bond donors (Lipinski definition) is 1. The molecule has 1 fully saturated rings. The van der Waals surface area contributed by atoms with Gasteiger partial charge in [0, 0.05) is 18.6 Å². The largest absolute Gasteiger partial charge is 0.297 e. The number of hydrogen-bond acceptors (Lipinski definition) is 3. The van der Waals surface area contributed by atoms with E-state index >= 15 is 0 Å². The molecule has 6 heteroatoms. The van der Waals surface area contributed by atoms with E-state index in [2.05, 4.69) is 16.5 Å². The van der Waals surface area contributed by atoms with Crippen LogP contribution in [-0.2, 0) is 10.0 Å². The van der Waals surface area contributed by atoms with Crippen molar-refractivity contribution in [3.63, 3.8) is 0 Å². The molecule has 1 saturated heterocycles. The first-order valence-corrected chi connectivity index (χ1v) is 9.31. The van der Waals surface area contributed by atoms with Crippen molar-refractivity contribution in [2.75, 3.05) is 13.1 Å². The number of halogens is 1. The van der Waals surface area contributed by atoms with Crippen LogP contribution in [0.3, 0.4) is 0 Å². The summed E-state index contributed by atoms with van der Waals surface area (Å²) in [4.78, 5) is 2.36. The van der Waals surface area contributed by atoms with Crippen LogP contribution in [-0.4, -0.2) is 38.5 Å². The molecule has 0 aromatic heterocycles. The molecule has 124 valence electrons. The van der Waals surface area contributed by atoms with Gasteiger partial charge >= 0.3 is 0 Å². The van der Waals surface area contributed by atoms with Gasteiger partial charge in [0.1, 0.15) is 5.82 Å². The molecule has 0 unspecified atom stereocenters. The van der Waals surface area contributed by atoms with Crippen LogP contribution in [0.15, 0.2) is 23.1 Å². The Balaban J connectivity index is 2.04. The van der Waals surface area contributed by atoms with Gasteiger partial charge in [-0.15, -0.1) is 0 Å². The summed E-state index contributed by atoms with van der Waals surface area (Å²) in [5.41, 5.74) is 0.549. The van der Waals surface area contributed by atoms with Crippen LogP contribution in [0.4, 0.5) is 4.39 Å². The zero-order valence-electron chi connectivity index (χ0n) is 13.5. The molecule has 22 heavy (non-hydrogen) atoms. The monoisotopic (exact) mass is 328 g/mol. The van der Waals surface area contributed by atoms with Crippen molar-refractivity contribution in [1.82, 2.24) is 9.62 Å². The number of nitrogens with one attached hydrogen (secondary N) is 1. The SMILES string of the molecule is Cc1ccc(F)cc1S(=O)(=O)NC[C@H](C)N1CCCC[C@H]1C. The van der Waals surface area contributed by atoms with Gasteiger partial charge in [-0.05, 0) is 57.9 Å². The van der Waals surface area contributed by atoms with E-state index in [1.165, 1.54) is 18.6 Å². The molecule has 2 atom stereocenters. The maximum atomic E-state index is 13.3. The zero-order chi connectivity index (χ0) is 16.3. The first-order chi connectivity index (χ1) is 10.3. The van der Waals surface area contributed by atoms with Crippen LogP contribution >= 0.6 is 0 Å². The lowest BCUT2D eigenvalue weighted by atomic mass is 10.0. The Morgan fingerprint density at radius 3 is 2.82 bits per heavy atom. The highest BCUT2D eigenvalue weighted by Gasteiger charge is 2.25. The molecule has 1 N–H and O–H groups in total. The minimum absolute atomic E-state index is 0.0198. The molecule has 4 nitrogen and oxygen atoms in total. The maximum Gasteiger partial charge on any atom is 0.240 e. The number of benzene rings is 1. The lowest BCUT2D eigenvalue weighted by molar-refractivity contribution is 0.116. The number of nitrogens with zero attached hydrogens (tertiary/aromatic N) is 1. The molecule has 0 saturated carbocycles. The van der Waals surface area contributed by atoms with Gasteiger partial charge in [-0.25, -0.2) is 17.5 Å². The Morgan fingerprint density at radius 1 is 1.41 bits per heavy atom. The predicted octanol–water partition coefficient (Wildman–Crippen LogP) is 2.68. The summed E-state index contributed by atoms with van der Waals surface area (Å²) in [7, 11) is -3.68. The summed E-state index contributed by atoms with van der Waals surface area (Å²) in [5, 5.41) is 0. The summed E-state index contributed by atoms with van der Waals surface area (Å²) < 4.78 is 40.7. The fourth-order valence-electron chi connectivity index (χ4n) is 3.06. The van der Waals surface area contributed by atoms with Crippen LogP contribution in [0.5, 0.6) is 0 Å². The van der Waals surface area contributed by atoms with Crippen molar-refractivity contribution < 1.29 is 12.8 Å². The summed E-state index contributed by atoms with van der Waals surface area (Å²) >= 11 is 0. The minimum Gasteiger partial charge on any atom is -0.297 e. The second-order valence-electron chi connectivity index (χ2n) is 6.19. The summed E-state index contributed by atoms with van der Waals surface area (Å²) in [6.07, 6.45) is 3.54. The van der Waals surface area contributed by atoms with Gasteiger partial charge < -0.3 is 0 Å². The van der Waals surface area contributed by atoms with E-state index in [0.717, 1.165) is 25.5 Å². The zero-order valence-corrected chi connectivity index (χ0v) is 14.3. The Labute approximate surface area is 132 Å². The molecule has 1 aromatic rings. The number of sulfonamides is 1. The van der Waals surface area contributed by atoms with Crippen LogP contribution in [0.2, 0.25) is 0 Å². The van der Waals surface area contributed by atoms with E-state index in [-0.39, 0.29) is 10.9 Å². The molecule has 1 aromatic carbocycles. The van der Waals surface area contributed by atoms with Gasteiger partial charge in [0.25, 0.3) is 0 Å². The Hall–Kier alpha value is -0.980. The Bertz CT molecular complexity index is 619. The maximum absolute atomic E-state index is 13.3. The Kier molecular flexibility index (Phi) is 5.58. The van der Waals surface area contributed by atoms with E-state index in [9.17, 15) is 12.8 Å². The van der Waals surface area contributed by atoms with Crippen molar-refractivity contribution >= 4 is 10.0 Å². The molecule has 0 aliphatic carbocycles. The van der Waals surface area contributed by atoms with Gasteiger partial charge in [-0.2, -0.15) is 0 Å². The fourth-order valence-corrected chi connectivity index (χ4v) is 4.44. The van der Waals surface area contributed by atoms with Crippen LogP contribution in [0, 0.1) is 12.7 Å². The molecule has 0 spiro atoms. The van der Waals surface area contributed by atoms with E-state index < -0.39 is 15.8 Å². The highest BCUT2D eigenvalue weighted by Crippen LogP contribution is 2.20. The van der Waals surface area contributed by atoms with Gasteiger partial charge in [0.15, 0.2) is 0 Å². The third kappa shape index (κ3) is 4.06. The van der Waals surface area contributed by atoms with E-state index in [1.807, 2.05) is 6.92 Å². The number of likely N-dealkylation sites (tertiary alicyclic amines) is 1.